The summed E-state index contributed by atoms with van der Waals surface area (Å²) in [5, 5.41) is 17.2. The maximum atomic E-state index is 9.32. The van der Waals surface area contributed by atoms with E-state index in [2.05, 4.69) is 26.7 Å². The zero-order valence-electron chi connectivity index (χ0n) is 17.0. The molecule has 1 aliphatic rings. The Hall–Kier alpha value is -3.83. The number of nitrogens with zero attached hydrogens (tertiary/aromatic N) is 6. The Balaban J connectivity index is 1.55. The van der Waals surface area contributed by atoms with E-state index in [-0.39, 0.29) is 6.42 Å². The highest BCUT2D eigenvalue weighted by atomic mass is 15.2. The summed E-state index contributed by atoms with van der Waals surface area (Å²) in [6.07, 6.45) is 5.88. The Morgan fingerprint density at radius 2 is 2.06 bits per heavy atom. The lowest BCUT2D eigenvalue weighted by molar-refractivity contribution is 0.478. The average molecular weight is 410 g/mol. The van der Waals surface area contributed by atoms with Gasteiger partial charge in [-0.15, -0.1) is 0 Å². The number of piperidine rings is 1. The lowest BCUT2D eigenvalue weighted by Crippen LogP contribution is -2.38. The van der Waals surface area contributed by atoms with E-state index in [0.29, 0.717) is 23.6 Å². The van der Waals surface area contributed by atoms with Gasteiger partial charge >= 0.3 is 0 Å². The van der Waals surface area contributed by atoms with Crippen molar-refractivity contribution >= 4 is 16.9 Å². The molecule has 1 atom stereocenters. The van der Waals surface area contributed by atoms with Gasteiger partial charge in [-0.2, -0.15) is 10.2 Å². The van der Waals surface area contributed by atoms with Crippen LogP contribution >= 0.6 is 0 Å². The van der Waals surface area contributed by atoms with Gasteiger partial charge in [-0.1, -0.05) is 24.3 Å². The van der Waals surface area contributed by atoms with E-state index in [4.69, 9.17) is 9.97 Å². The van der Waals surface area contributed by atoms with Crippen LogP contribution in [0, 0.1) is 11.3 Å². The van der Waals surface area contributed by atoms with Gasteiger partial charge in [0.05, 0.1) is 29.9 Å². The quantitative estimate of drug-likeness (QED) is 0.521. The molecule has 1 unspecified atom stereocenters. The number of benzene rings is 1. The fraction of sp³-hybridized carbons (Fsp3) is 0.261. The molecule has 5 rings (SSSR count). The maximum absolute atomic E-state index is 9.32. The van der Waals surface area contributed by atoms with Crippen molar-refractivity contribution in [2.75, 3.05) is 18.4 Å². The summed E-state index contributed by atoms with van der Waals surface area (Å²) in [7, 11) is 0. The van der Waals surface area contributed by atoms with Crippen LogP contribution in [0.4, 0.5) is 5.95 Å². The maximum Gasteiger partial charge on any atom is 0.224 e. The zero-order valence-corrected chi connectivity index (χ0v) is 17.0. The third kappa shape index (κ3) is 3.96. The molecule has 4 aromatic rings. The molecule has 8 nitrogen and oxygen atoms in total. The first-order valence-corrected chi connectivity index (χ1v) is 10.4. The molecule has 8 heteroatoms. The highest BCUT2D eigenvalue weighted by Crippen LogP contribution is 2.25. The van der Waals surface area contributed by atoms with Crippen molar-refractivity contribution < 1.29 is 0 Å². The van der Waals surface area contributed by atoms with E-state index in [9.17, 15) is 5.26 Å². The summed E-state index contributed by atoms with van der Waals surface area (Å²) < 4.78 is 1.90. The molecule has 2 N–H and O–H groups in total. The fourth-order valence-electron chi connectivity index (χ4n) is 3.92. The molecule has 0 saturated carbocycles. The van der Waals surface area contributed by atoms with Gasteiger partial charge in [0, 0.05) is 24.2 Å². The molecule has 4 heterocycles. The van der Waals surface area contributed by atoms with Crippen molar-refractivity contribution in [2.45, 2.75) is 25.3 Å². The number of aromatic nitrogens is 5. The molecule has 0 aliphatic carbocycles. The minimum absolute atomic E-state index is 0.222. The van der Waals surface area contributed by atoms with Gasteiger partial charge in [-0.25, -0.2) is 15.0 Å². The molecule has 31 heavy (non-hydrogen) atoms. The van der Waals surface area contributed by atoms with Gasteiger partial charge in [-0.05, 0) is 37.6 Å². The lowest BCUT2D eigenvalue weighted by atomic mass is 10.1. The van der Waals surface area contributed by atoms with Gasteiger partial charge in [0.1, 0.15) is 11.5 Å². The van der Waals surface area contributed by atoms with Crippen LogP contribution in [0.5, 0.6) is 0 Å². The number of fused-ring (bicyclic) bond motifs is 1. The van der Waals surface area contributed by atoms with Gasteiger partial charge < -0.3 is 10.6 Å². The lowest BCUT2D eigenvalue weighted by Gasteiger charge is -2.23. The van der Waals surface area contributed by atoms with E-state index < -0.39 is 0 Å². The molecule has 1 saturated heterocycles. The number of nitrogens with one attached hydrogen (secondary N) is 2. The molecule has 0 bridgehead atoms. The third-order valence-electron chi connectivity index (χ3n) is 5.42. The second-order valence-electron chi connectivity index (χ2n) is 7.56. The summed E-state index contributed by atoms with van der Waals surface area (Å²) in [5.74, 6) is 1.88. The minimum atomic E-state index is 0.222. The molecular formula is C23H22N8. The SMILES string of the molecule is N#CCc1cnc(-c2ccc3ccccc3n2)n1-c1ccnc(NC2CCCNC2)n1. The van der Waals surface area contributed by atoms with Crippen molar-refractivity contribution in [2.24, 2.45) is 0 Å². The molecule has 0 amide bonds. The number of imidazole rings is 1. The van der Waals surface area contributed by atoms with Crippen molar-refractivity contribution in [3.05, 3.63) is 60.6 Å². The fourth-order valence-corrected chi connectivity index (χ4v) is 3.92. The summed E-state index contributed by atoms with van der Waals surface area (Å²) in [4.78, 5) is 18.5. The predicted octanol–water partition coefficient (Wildman–Crippen LogP) is 3.11. The first kappa shape index (κ1) is 19.2. The highest BCUT2D eigenvalue weighted by Gasteiger charge is 2.18. The molecule has 1 aromatic carbocycles. The van der Waals surface area contributed by atoms with Crippen molar-refractivity contribution in [1.82, 2.24) is 29.8 Å². The van der Waals surface area contributed by atoms with E-state index >= 15 is 0 Å². The zero-order chi connectivity index (χ0) is 21.0. The van der Waals surface area contributed by atoms with Crippen LogP contribution in [-0.4, -0.2) is 43.6 Å². The molecule has 0 radical (unpaired) electrons. The van der Waals surface area contributed by atoms with Crippen molar-refractivity contribution in [3.8, 4) is 23.4 Å². The molecule has 3 aromatic heterocycles. The normalized spacial score (nSPS) is 16.2. The summed E-state index contributed by atoms with van der Waals surface area (Å²) in [6, 6.07) is 16.3. The number of hydrogen-bond acceptors (Lipinski definition) is 7. The van der Waals surface area contributed by atoms with Gasteiger partial charge in [-0.3, -0.25) is 4.57 Å². The number of anilines is 1. The van der Waals surface area contributed by atoms with E-state index in [0.717, 1.165) is 48.2 Å². The molecule has 0 spiro atoms. The van der Waals surface area contributed by atoms with Crippen LogP contribution < -0.4 is 10.6 Å². The molecule has 1 aliphatic heterocycles. The average Bonchev–Trinajstić information content (AvgIpc) is 3.23. The van der Waals surface area contributed by atoms with E-state index in [1.165, 1.54) is 0 Å². The summed E-state index contributed by atoms with van der Waals surface area (Å²) in [5.41, 5.74) is 2.38. The standard InChI is InChI=1S/C23H22N8/c24-11-9-18-15-27-22(20-8-7-16-4-1-2-6-19(16)29-20)31(18)21-10-13-26-23(30-21)28-17-5-3-12-25-14-17/h1-2,4,6-8,10,13,15,17,25H,3,5,9,12,14H2,(H,26,28,30). The van der Waals surface area contributed by atoms with Crippen LogP contribution in [0.2, 0.25) is 0 Å². The predicted molar refractivity (Wildman–Crippen MR) is 119 cm³/mol. The molecular weight excluding hydrogens is 388 g/mol. The topological polar surface area (TPSA) is 104 Å². The number of hydrogen-bond donors (Lipinski definition) is 2. The monoisotopic (exact) mass is 410 g/mol. The van der Waals surface area contributed by atoms with Gasteiger partial charge in [0.15, 0.2) is 5.82 Å². The molecule has 1 fully saturated rings. The van der Waals surface area contributed by atoms with Gasteiger partial charge in [0.25, 0.3) is 0 Å². The Bertz CT molecular complexity index is 1250. The Kier molecular flexibility index (Phi) is 5.25. The van der Waals surface area contributed by atoms with Crippen LogP contribution in [0.15, 0.2) is 54.9 Å². The first-order valence-electron chi connectivity index (χ1n) is 10.4. The highest BCUT2D eigenvalue weighted by molar-refractivity contribution is 5.80. The van der Waals surface area contributed by atoms with Crippen molar-refractivity contribution in [1.29, 1.82) is 5.26 Å². The first-order chi connectivity index (χ1) is 15.3. The Morgan fingerprint density at radius 1 is 1.13 bits per heavy atom. The van der Waals surface area contributed by atoms with Crippen LogP contribution in [0.25, 0.3) is 28.2 Å². The largest absolute Gasteiger partial charge is 0.350 e. The van der Waals surface area contributed by atoms with Gasteiger partial charge in [0.2, 0.25) is 5.95 Å². The van der Waals surface area contributed by atoms with E-state index in [1.54, 1.807) is 12.4 Å². The minimum Gasteiger partial charge on any atom is -0.350 e. The summed E-state index contributed by atoms with van der Waals surface area (Å²) in [6.45, 7) is 1.94. The third-order valence-corrected chi connectivity index (χ3v) is 5.42. The number of nitriles is 1. The second kappa shape index (κ2) is 8.50. The van der Waals surface area contributed by atoms with E-state index in [1.807, 2.05) is 47.0 Å². The Morgan fingerprint density at radius 3 is 2.94 bits per heavy atom. The summed E-state index contributed by atoms with van der Waals surface area (Å²) >= 11 is 0. The van der Waals surface area contributed by atoms with Crippen LogP contribution in [0.1, 0.15) is 18.5 Å². The number of para-hydroxylation sites is 1. The second-order valence-corrected chi connectivity index (χ2v) is 7.56. The Labute approximate surface area is 180 Å². The number of rotatable bonds is 5. The van der Waals surface area contributed by atoms with Crippen LogP contribution in [-0.2, 0) is 6.42 Å². The van der Waals surface area contributed by atoms with Crippen LogP contribution in [0.3, 0.4) is 0 Å². The number of pyridine rings is 1. The smallest absolute Gasteiger partial charge is 0.224 e. The van der Waals surface area contributed by atoms with Crippen molar-refractivity contribution in [3.63, 3.8) is 0 Å². The molecule has 154 valence electrons.